The van der Waals surface area contributed by atoms with Crippen LogP contribution < -0.4 is 0 Å². The van der Waals surface area contributed by atoms with Crippen molar-refractivity contribution in [1.82, 2.24) is 4.31 Å². The fraction of sp³-hybridized carbons (Fsp3) is 0.562. The summed E-state index contributed by atoms with van der Waals surface area (Å²) in [6, 6.07) is 8.41. The number of sulfonamides is 1. The Morgan fingerprint density at radius 3 is 2.29 bits per heavy atom. The first kappa shape index (κ1) is 16.0. The van der Waals surface area contributed by atoms with Crippen LogP contribution in [0.25, 0.3) is 0 Å². The molecule has 1 aliphatic rings. The van der Waals surface area contributed by atoms with Gasteiger partial charge in [0.05, 0.1) is 10.5 Å². The largest absolute Gasteiger partial charge is 0.244 e. The molecule has 0 saturated carbocycles. The van der Waals surface area contributed by atoms with Crippen molar-refractivity contribution in [2.45, 2.75) is 44.4 Å². The summed E-state index contributed by atoms with van der Waals surface area (Å²) in [5.74, 6) is 0. The topological polar surface area (TPSA) is 61.2 Å². The van der Waals surface area contributed by atoms with E-state index in [1.54, 1.807) is 18.2 Å². The number of rotatable bonds is 4. The molecule has 0 amide bonds. The predicted octanol–water partition coefficient (Wildman–Crippen LogP) is 3.15. The highest BCUT2D eigenvalue weighted by molar-refractivity contribution is 7.89. The average molecular weight is 306 g/mol. The molecule has 1 aromatic rings. The Hall–Kier alpha value is -1.38. The smallest absolute Gasteiger partial charge is 0.207 e. The van der Waals surface area contributed by atoms with Crippen LogP contribution in [0.1, 0.15) is 45.1 Å². The Bertz CT molecular complexity index is 632. The third-order valence-corrected chi connectivity index (χ3v) is 6.87. The molecule has 4 nitrogen and oxygen atoms in total. The Labute approximate surface area is 127 Å². The number of hydrogen-bond acceptors (Lipinski definition) is 3. The van der Waals surface area contributed by atoms with E-state index in [-0.39, 0.29) is 15.9 Å². The second kappa shape index (κ2) is 6.17. The molecule has 0 unspecified atom stereocenters. The standard InChI is InChI=1S/C16H22N2O2S/c1-3-16(4-2)9-11-18(12-10-16)21(19,20)15-8-6-5-7-14(15)13-17/h5-8H,3-4,9-12H2,1-2H3. The minimum atomic E-state index is -3.56. The summed E-state index contributed by atoms with van der Waals surface area (Å²) in [5.41, 5.74) is 0.501. The zero-order valence-electron chi connectivity index (χ0n) is 12.7. The SMILES string of the molecule is CCC1(CC)CCN(S(=O)(=O)c2ccccc2C#N)CC1. The van der Waals surface area contributed by atoms with Crippen molar-refractivity contribution in [3.8, 4) is 6.07 Å². The molecule has 1 saturated heterocycles. The minimum Gasteiger partial charge on any atom is -0.207 e. The lowest BCUT2D eigenvalue weighted by molar-refractivity contribution is 0.141. The van der Waals surface area contributed by atoms with Crippen LogP contribution in [-0.2, 0) is 10.0 Å². The molecule has 0 bridgehead atoms. The second-order valence-electron chi connectivity index (χ2n) is 5.72. The normalized spacial score (nSPS) is 19.1. The molecule has 0 radical (unpaired) electrons. The van der Waals surface area contributed by atoms with Crippen molar-refractivity contribution in [3.63, 3.8) is 0 Å². The van der Waals surface area contributed by atoms with E-state index in [0.29, 0.717) is 13.1 Å². The van der Waals surface area contributed by atoms with Crippen LogP contribution in [0.15, 0.2) is 29.2 Å². The molecule has 0 aliphatic carbocycles. The van der Waals surface area contributed by atoms with E-state index >= 15 is 0 Å². The number of nitriles is 1. The van der Waals surface area contributed by atoms with Crippen molar-refractivity contribution < 1.29 is 8.42 Å². The van der Waals surface area contributed by atoms with Gasteiger partial charge in [-0.3, -0.25) is 0 Å². The molecular formula is C16H22N2O2S. The number of nitrogens with zero attached hydrogens (tertiary/aromatic N) is 2. The van der Waals surface area contributed by atoms with Gasteiger partial charge in [0, 0.05) is 13.1 Å². The summed E-state index contributed by atoms with van der Waals surface area (Å²) < 4.78 is 27.0. The maximum absolute atomic E-state index is 12.7. The third-order valence-electron chi connectivity index (χ3n) is 4.91. The molecular weight excluding hydrogens is 284 g/mol. The molecule has 2 rings (SSSR count). The monoisotopic (exact) mass is 306 g/mol. The maximum Gasteiger partial charge on any atom is 0.244 e. The highest BCUT2D eigenvalue weighted by Gasteiger charge is 2.36. The van der Waals surface area contributed by atoms with Gasteiger partial charge in [0.2, 0.25) is 10.0 Å². The lowest BCUT2D eigenvalue weighted by Gasteiger charge is -2.40. The zero-order valence-corrected chi connectivity index (χ0v) is 13.5. The van der Waals surface area contributed by atoms with Crippen molar-refractivity contribution in [2.24, 2.45) is 5.41 Å². The van der Waals surface area contributed by atoms with Crippen LogP contribution in [0.3, 0.4) is 0 Å². The molecule has 0 aromatic heterocycles. The lowest BCUT2D eigenvalue weighted by atomic mass is 9.75. The van der Waals surface area contributed by atoms with Gasteiger partial charge in [-0.25, -0.2) is 8.42 Å². The van der Waals surface area contributed by atoms with Crippen molar-refractivity contribution in [1.29, 1.82) is 5.26 Å². The zero-order chi connectivity index (χ0) is 15.5. The van der Waals surface area contributed by atoms with Gasteiger partial charge in [-0.15, -0.1) is 0 Å². The van der Waals surface area contributed by atoms with E-state index in [0.717, 1.165) is 25.7 Å². The number of benzene rings is 1. The minimum absolute atomic E-state index is 0.132. The van der Waals surface area contributed by atoms with Crippen LogP contribution in [0, 0.1) is 16.7 Å². The van der Waals surface area contributed by atoms with Gasteiger partial charge < -0.3 is 0 Å². The molecule has 1 aromatic carbocycles. The summed E-state index contributed by atoms with van der Waals surface area (Å²) >= 11 is 0. The lowest BCUT2D eigenvalue weighted by Crippen LogP contribution is -2.42. The van der Waals surface area contributed by atoms with Gasteiger partial charge in [0.25, 0.3) is 0 Å². The Morgan fingerprint density at radius 2 is 1.76 bits per heavy atom. The molecule has 5 heteroatoms. The van der Waals surface area contributed by atoms with E-state index in [1.165, 1.54) is 10.4 Å². The van der Waals surface area contributed by atoms with Gasteiger partial charge in [-0.2, -0.15) is 9.57 Å². The van der Waals surface area contributed by atoms with E-state index in [9.17, 15) is 8.42 Å². The Morgan fingerprint density at radius 1 is 1.19 bits per heavy atom. The molecule has 0 atom stereocenters. The second-order valence-corrected chi connectivity index (χ2v) is 7.63. The number of piperidine rings is 1. The van der Waals surface area contributed by atoms with Gasteiger partial charge in [0.1, 0.15) is 6.07 Å². The summed E-state index contributed by atoms with van der Waals surface area (Å²) in [6.07, 6.45) is 3.97. The first-order chi connectivity index (χ1) is 9.99. The molecule has 1 aliphatic heterocycles. The predicted molar refractivity (Wildman–Crippen MR) is 82.2 cm³/mol. The molecule has 1 fully saturated rings. The third kappa shape index (κ3) is 2.97. The molecule has 114 valence electrons. The van der Waals surface area contributed by atoms with Gasteiger partial charge >= 0.3 is 0 Å². The first-order valence-corrected chi connectivity index (χ1v) is 8.92. The summed E-state index contributed by atoms with van der Waals surface area (Å²) in [7, 11) is -3.56. The van der Waals surface area contributed by atoms with Crippen molar-refractivity contribution in [3.05, 3.63) is 29.8 Å². The van der Waals surface area contributed by atoms with Gasteiger partial charge in [-0.1, -0.05) is 38.8 Å². The fourth-order valence-corrected chi connectivity index (χ4v) is 4.66. The van der Waals surface area contributed by atoms with Crippen LogP contribution in [0.4, 0.5) is 0 Å². The van der Waals surface area contributed by atoms with Gasteiger partial charge in [0.15, 0.2) is 0 Å². The molecule has 0 spiro atoms. The summed E-state index contributed by atoms with van der Waals surface area (Å²) in [5, 5.41) is 9.11. The highest BCUT2D eigenvalue weighted by atomic mass is 32.2. The van der Waals surface area contributed by atoms with E-state index in [2.05, 4.69) is 13.8 Å². The van der Waals surface area contributed by atoms with Crippen LogP contribution in [-0.4, -0.2) is 25.8 Å². The van der Waals surface area contributed by atoms with Crippen molar-refractivity contribution >= 4 is 10.0 Å². The van der Waals surface area contributed by atoms with E-state index in [1.807, 2.05) is 6.07 Å². The van der Waals surface area contributed by atoms with Crippen molar-refractivity contribution in [2.75, 3.05) is 13.1 Å². The van der Waals surface area contributed by atoms with E-state index in [4.69, 9.17) is 5.26 Å². The van der Waals surface area contributed by atoms with E-state index < -0.39 is 10.0 Å². The Kier molecular flexibility index (Phi) is 4.70. The molecule has 21 heavy (non-hydrogen) atoms. The first-order valence-electron chi connectivity index (χ1n) is 7.48. The van der Waals surface area contributed by atoms with Gasteiger partial charge in [-0.05, 0) is 30.4 Å². The van der Waals surface area contributed by atoms with Crippen LogP contribution in [0.5, 0.6) is 0 Å². The summed E-state index contributed by atoms with van der Waals surface area (Å²) in [6.45, 7) is 5.45. The van der Waals surface area contributed by atoms with Crippen LogP contribution >= 0.6 is 0 Å². The van der Waals surface area contributed by atoms with Crippen LogP contribution in [0.2, 0.25) is 0 Å². The molecule has 1 heterocycles. The average Bonchev–Trinajstić information content (AvgIpc) is 2.54. The maximum atomic E-state index is 12.7. The highest BCUT2D eigenvalue weighted by Crippen LogP contribution is 2.39. The summed E-state index contributed by atoms with van der Waals surface area (Å²) in [4.78, 5) is 0.132. The molecule has 0 N–H and O–H groups in total. The fourth-order valence-electron chi connectivity index (χ4n) is 3.08. The Balaban J connectivity index is 2.25. The quantitative estimate of drug-likeness (QED) is 0.858. The number of hydrogen-bond donors (Lipinski definition) is 0.